The minimum atomic E-state index is 0.308. The first kappa shape index (κ1) is 10.6. The van der Waals surface area contributed by atoms with E-state index in [1.165, 1.54) is 11.8 Å². The van der Waals surface area contributed by atoms with E-state index in [-0.39, 0.29) is 0 Å². The van der Waals surface area contributed by atoms with Crippen LogP contribution in [0.25, 0.3) is 11.5 Å². The molecular formula is C9H10N4O2S. The highest BCUT2D eigenvalue weighted by Crippen LogP contribution is 2.22. The van der Waals surface area contributed by atoms with Crippen molar-refractivity contribution in [2.45, 2.75) is 5.75 Å². The van der Waals surface area contributed by atoms with E-state index in [0.29, 0.717) is 22.4 Å². The molecule has 0 aromatic carbocycles. The Kier molecular flexibility index (Phi) is 3.16. The summed E-state index contributed by atoms with van der Waals surface area (Å²) in [4.78, 5) is 0. The van der Waals surface area contributed by atoms with Gasteiger partial charge in [0.2, 0.25) is 5.76 Å². The maximum Gasteiger partial charge on any atom is 0.202 e. The van der Waals surface area contributed by atoms with Crippen LogP contribution in [0.4, 0.5) is 0 Å². The van der Waals surface area contributed by atoms with Crippen molar-refractivity contribution in [2.75, 3.05) is 0 Å². The number of hydrazone groups is 1. The third-order valence-electron chi connectivity index (χ3n) is 1.82. The Labute approximate surface area is 95.6 Å². The van der Waals surface area contributed by atoms with Gasteiger partial charge in [0.25, 0.3) is 0 Å². The van der Waals surface area contributed by atoms with Crippen LogP contribution in [-0.2, 0) is 5.75 Å². The molecule has 2 rings (SSSR count). The van der Waals surface area contributed by atoms with Crippen LogP contribution in [0, 0.1) is 0 Å². The number of hydrogen-bond donors (Lipinski definition) is 2. The van der Waals surface area contributed by atoms with E-state index in [1.807, 2.05) is 0 Å². The summed E-state index contributed by atoms with van der Waals surface area (Å²) in [7, 11) is 0. The van der Waals surface area contributed by atoms with Crippen molar-refractivity contribution in [2.24, 2.45) is 16.7 Å². The lowest BCUT2D eigenvalue weighted by Gasteiger charge is -1.93. The van der Waals surface area contributed by atoms with E-state index in [4.69, 9.17) is 20.5 Å². The van der Waals surface area contributed by atoms with Gasteiger partial charge in [-0.3, -0.25) is 0 Å². The minimum absolute atomic E-state index is 0.308. The summed E-state index contributed by atoms with van der Waals surface area (Å²) in [6.45, 7) is 0. The number of rotatable bonds is 3. The highest BCUT2D eigenvalue weighted by molar-refractivity contribution is 8.13. The standard InChI is InChI=1S/C9H10N4O2S/c10-9(12-11)16-5-6-4-8(15-13-6)7-2-1-3-14-7/h1-4H,5,11H2,(H2,10,12). The molecule has 0 aliphatic heterocycles. The van der Waals surface area contributed by atoms with Gasteiger partial charge in [0.05, 0.1) is 12.0 Å². The molecule has 2 aromatic heterocycles. The molecular weight excluding hydrogens is 228 g/mol. The molecule has 2 aromatic rings. The van der Waals surface area contributed by atoms with E-state index in [9.17, 15) is 0 Å². The highest BCUT2D eigenvalue weighted by atomic mass is 32.2. The van der Waals surface area contributed by atoms with E-state index in [2.05, 4.69) is 10.3 Å². The third kappa shape index (κ3) is 2.37. The van der Waals surface area contributed by atoms with Gasteiger partial charge in [0, 0.05) is 11.8 Å². The van der Waals surface area contributed by atoms with Crippen LogP contribution in [0.1, 0.15) is 5.69 Å². The highest BCUT2D eigenvalue weighted by Gasteiger charge is 2.09. The van der Waals surface area contributed by atoms with E-state index in [1.54, 1.807) is 24.5 Å². The van der Waals surface area contributed by atoms with Gasteiger partial charge in [-0.2, -0.15) is 5.10 Å². The number of furan rings is 1. The summed E-state index contributed by atoms with van der Waals surface area (Å²) in [5.74, 6) is 6.78. The first-order valence-corrected chi connectivity index (χ1v) is 5.44. The Morgan fingerprint density at radius 1 is 1.50 bits per heavy atom. The zero-order valence-corrected chi connectivity index (χ0v) is 9.11. The van der Waals surface area contributed by atoms with Crippen molar-refractivity contribution < 1.29 is 8.94 Å². The SMILES string of the molecule is NN=C(N)SCc1cc(-c2ccco2)on1. The molecule has 0 radical (unpaired) electrons. The molecule has 84 valence electrons. The molecule has 0 amide bonds. The topological polar surface area (TPSA) is 104 Å². The average molecular weight is 238 g/mol. The molecule has 6 nitrogen and oxygen atoms in total. The Balaban J connectivity index is 2.03. The van der Waals surface area contributed by atoms with E-state index < -0.39 is 0 Å². The fraction of sp³-hybridized carbons (Fsp3) is 0.111. The van der Waals surface area contributed by atoms with Gasteiger partial charge in [0.1, 0.15) is 0 Å². The molecule has 0 saturated heterocycles. The van der Waals surface area contributed by atoms with Crippen LogP contribution in [0.15, 0.2) is 38.5 Å². The molecule has 0 fully saturated rings. The van der Waals surface area contributed by atoms with E-state index >= 15 is 0 Å². The molecule has 0 spiro atoms. The lowest BCUT2D eigenvalue weighted by atomic mass is 10.3. The minimum Gasteiger partial charge on any atom is -0.461 e. The van der Waals surface area contributed by atoms with Crippen LogP contribution >= 0.6 is 11.8 Å². The van der Waals surface area contributed by atoms with Crippen molar-refractivity contribution >= 4 is 16.9 Å². The largest absolute Gasteiger partial charge is 0.461 e. The number of amidine groups is 1. The fourth-order valence-corrected chi connectivity index (χ4v) is 1.61. The predicted octanol–water partition coefficient (Wildman–Crippen LogP) is 1.36. The van der Waals surface area contributed by atoms with Crippen LogP contribution in [0.3, 0.4) is 0 Å². The predicted molar refractivity (Wildman–Crippen MR) is 61.3 cm³/mol. The van der Waals surface area contributed by atoms with Crippen LogP contribution < -0.4 is 11.6 Å². The number of nitrogens with zero attached hydrogens (tertiary/aromatic N) is 2. The molecule has 4 N–H and O–H groups in total. The molecule has 0 bridgehead atoms. The monoisotopic (exact) mass is 238 g/mol. The van der Waals surface area contributed by atoms with Crippen LogP contribution in [-0.4, -0.2) is 10.3 Å². The fourth-order valence-electron chi connectivity index (χ4n) is 1.10. The second kappa shape index (κ2) is 4.75. The van der Waals surface area contributed by atoms with Gasteiger partial charge in [0.15, 0.2) is 10.9 Å². The van der Waals surface area contributed by atoms with Crippen LogP contribution in [0.5, 0.6) is 0 Å². The maximum absolute atomic E-state index is 5.43. The molecule has 0 unspecified atom stereocenters. The van der Waals surface area contributed by atoms with Gasteiger partial charge in [-0.05, 0) is 12.1 Å². The molecule has 0 aliphatic carbocycles. The summed E-state index contributed by atoms with van der Waals surface area (Å²) in [6.07, 6.45) is 1.57. The Morgan fingerprint density at radius 3 is 3.06 bits per heavy atom. The van der Waals surface area contributed by atoms with Crippen molar-refractivity contribution in [1.82, 2.24) is 5.16 Å². The Bertz CT molecular complexity index is 477. The third-order valence-corrected chi connectivity index (χ3v) is 2.66. The van der Waals surface area contributed by atoms with Crippen molar-refractivity contribution in [1.29, 1.82) is 0 Å². The van der Waals surface area contributed by atoms with Crippen molar-refractivity contribution in [3.8, 4) is 11.5 Å². The van der Waals surface area contributed by atoms with Gasteiger partial charge in [-0.15, -0.1) is 0 Å². The number of nitrogens with two attached hydrogens (primary N) is 2. The molecule has 0 atom stereocenters. The quantitative estimate of drug-likeness (QED) is 0.362. The first-order valence-electron chi connectivity index (χ1n) is 4.45. The molecule has 0 aliphatic rings. The molecule has 16 heavy (non-hydrogen) atoms. The Hall–Kier alpha value is -1.89. The summed E-state index contributed by atoms with van der Waals surface area (Å²) in [6, 6.07) is 5.37. The van der Waals surface area contributed by atoms with Gasteiger partial charge in [-0.1, -0.05) is 16.9 Å². The lowest BCUT2D eigenvalue weighted by molar-refractivity contribution is 0.413. The summed E-state index contributed by atoms with van der Waals surface area (Å²) < 4.78 is 10.3. The average Bonchev–Trinajstić information content (AvgIpc) is 2.95. The first-order chi connectivity index (χ1) is 7.79. The van der Waals surface area contributed by atoms with E-state index in [0.717, 1.165) is 5.69 Å². The Morgan fingerprint density at radius 2 is 2.38 bits per heavy atom. The van der Waals surface area contributed by atoms with Gasteiger partial charge < -0.3 is 20.5 Å². The number of thioether (sulfide) groups is 1. The molecule has 2 heterocycles. The van der Waals surface area contributed by atoms with Crippen molar-refractivity contribution in [3.63, 3.8) is 0 Å². The summed E-state index contributed by atoms with van der Waals surface area (Å²) >= 11 is 1.29. The molecule has 0 saturated carbocycles. The van der Waals surface area contributed by atoms with Gasteiger partial charge in [-0.25, -0.2) is 0 Å². The van der Waals surface area contributed by atoms with Gasteiger partial charge >= 0.3 is 0 Å². The second-order valence-corrected chi connectivity index (χ2v) is 3.91. The molecule has 7 heteroatoms. The normalized spacial score (nSPS) is 11.9. The summed E-state index contributed by atoms with van der Waals surface area (Å²) in [5.41, 5.74) is 6.19. The van der Waals surface area contributed by atoms with Crippen LogP contribution in [0.2, 0.25) is 0 Å². The number of aromatic nitrogens is 1. The van der Waals surface area contributed by atoms with Crippen molar-refractivity contribution in [3.05, 3.63) is 30.2 Å². The smallest absolute Gasteiger partial charge is 0.202 e. The number of hydrogen-bond acceptors (Lipinski definition) is 6. The second-order valence-electron chi connectivity index (χ2n) is 2.92. The maximum atomic E-state index is 5.43. The zero-order valence-electron chi connectivity index (χ0n) is 8.29. The summed E-state index contributed by atoms with van der Waals surface area (Å²) in [5, 5.41) is 7.52. The zero-order chi connectivity index (χ0) is 11.4. The lowest BCUT2D eigenvalue weighted by Crippen LogP contribution is -2.09.